The summed E-state index contributed by atoms with van der Waals surface area (Å²) >= 11 is 6.11. The van der Waals surface area contributed by atoms with E-state index >= 15 is 0 Å². The minimum atomic E-state index is -0.579. The molecule has 0 bridgehead atoms. The predicted octanol–water partition coefficient (Wildman–Crippen LogP) is 4.21. The SMILES string of the molecule is NC(=O)COc1cccc(C=Nn2c(-c3cc4cc(Cl)ccc4o3)nc3ccccc3c2=O)c1. The number of rotatable bonds is 6. The molecule has 0 saturated carbocycles. The maximum absolute atomic E-state index is 13.3. The van der Waals surface area contributed by atoms with Crippen molar-refractivity contribution in [3.8, 4) is 17.3 Å². The molecule has 34 heavy (non-hydrogen) atoms. The Labute approximate surface area is 197 Å². The van der Waals surface area contributed by atoms with Crippen molar-refractivity contribution in [1.29, 1.82) is 0 Å². The second-order valence-electron chi connectivity index (χ2n) is 7.43. The zero-order chi connectivity index (χ0) is 23.7. The van der Waals surface area contributed by atoms with Crippen LogP contribution in [0.15, 0.2) is 87.1 Å². The van der Waals surface area contributed by atoms with Gasteiger partial charge in [0.05, 0.1) is 17.1 Å². The van der Waals surface area contributed by atoms with Crippen LogP contribution in [0.5, 0.6) is 5.75 Å². The fraction of sp³-hybridized carbons (Fsp3) is 0.0400. The summed E-state index contributed by atoms with van der Waals surface area (Å²) in [7, 11) is 0. The first kappa shape index (κ1) is 21.4. The molecule has 1 amide bonds. The highest BCUT2D eigenvalue weighted by Crippen LogP contribution is 2.29. The van der Waals surface area contributed by atoms with Gasteiger partial charge < -0.3 is 14.9 Å². The monoisotopic (exact) mass is 472 g/mol. The van der Waals surface area contributed by atoms with E-state index in [-0.39, 0.29) is 18.0 Å². The zero-order valence-corrected chi connectivity index (χ0v) is 18.4. The number of para-hydroxylation sites is 1. The fourth-order valence-corrected chi connectivity index (χ4v) is 3.66. The zero-order valence-electron chi connectivity index (χ0n) is 17.6. The summed E-state index contributed by atoms with van der Waals surface area (Å²) in [6, 6.07) is 20.9. The van der Waals surface area contributed by atoms with Crippen LogP contribution in [-0.4, -0.2) is 28.4 Å². The van der Waals surface area contributed by atoms with Crippen molar-refractivity contribution in [2.45, 2.75) is 0 Å². The molecule has 8 nitrogen and oxygen atoms in total. The van der Waals surface area contributed by atoms with Crippen molar-refractivity contribution in [3.63, 3.8) is 0 Å². The van der Waals surface area contributed by atoms with Gasteiger partial charge in [-0.25, -0.2) is 4.98 Å². The lowest BCUT2D eigenvalue weighted by molar-refractivity contribution is -0.119. The van der Waals surface area contributed by atoms with Gasteiger partial charge in [-0.3, -0.25) is 9.59 Å². The molecule has 9 heteroatoms. The van der Waals surface area contributed by atoms with Crippen LogP contribution < -0.4 is 16.0 Å². The number of nitrogens with two attached hydrogens (primary N) is 1. The van der Waals surface area contributed by atoms with E-state index in [9.17, 15) is 9.59 Å². The molecule has 5 rings (SSSR count). The van der Waals surface area contributed by atoms with Crippen LogP contribution in [0.3, 0.4) is 0 Å². The molecule has 0 aliphatic rings. The molecule has 168 valence electrons. The third kappa shape index (κ3) is 4.26. The lowest BCUT2D eigenvalue weighted by atomic mass is 10.2. The maximum atomic E-state index is 13.3. The molecule has 0 radical (unpaired) electrons. The number of ether oxygens (including phenoxy) is 1. The molecule has 0 spiro atoms. The van der Waals surface area contributed by atoms with E-state index in [1.807, 2.05) is 6.07 Å². The fourth-order valence-electron chi connectivity index (χ4n) is 3.48. The van der Waals surface area contributed by atoms with Crippen LogP contribution in [-0.2, 0) is 4.79 Å². The predicted molar refractivity (Wildman–Crippen MR) is 130 cm³/mol. The number of hydrogen-bond acceptors (Lipinski definition) is 6. The molecule has 2 aromatic heterocycles. The average molecular weight is 473 g/mol. The van der Waals surface area contributed by atoms with E-state index in [2.05, 4.69) is 10.1 Å². The largest absolute Gasteiger partial charge is 0.484 e. The number of fused-ring (bicyclic) bond motifs is 2. The highest BCUT2D eigenvalue weighted by Gasteiger charge is 2.16. The minimum absolute atomic E-state index is 0.241. The first-order chi connectivity index (χ1) is 16.5. The van der Waals surface area contributed by atoms with E-state index in [1.165, 1.54) is 10.9 Å². The Morgan fingerprint density at radius 2 is 1.97 bits per heavy atom. The second-order valence-corrected chi connectivity index (χ2v) is 7.87. The van der Waals surface area contributed by atoms with E-state index in [1.54, 1.807) is 66.7 Å². The van der Waals surface area contributed by atoms with Crippen LogP contribution >= 0.6 is 11.6 Å². The van der Waals surface area contributed by atoms with Gasteiger partial charge >= 0.3 is 0 Å². The molecule has 0 atom stereocenters. The van der Waals surface area contributed by atoms with Gasteiger partial charge in [0.15, 0.2) is 12.4 Å². The number of halogens is 1. The third-order valence-corrected chi connectivity index (χ3v) is 5.25. The summed E-state index contributed by atoms with van der Waals surface area (Å²) in [6.07, 6.45) is 1.50. The van der Waals surface area contributed by atoms with Gasteiger partial charge in [-0.1, -0.05) is 35.9 Å². The molecular formula is C25H17ClN4O4. The van der Waals surface area contributed by atoms with Crippen LogP contribution in [0.2, 0.25) is 5.02 Å². The Kier molecular flexibility index (Phi) is 5.57. The maximum Gasteiger partial charge on any atom is 0.282 e. The molecule has 2 N–H and O–H groups in total. The number of nitrogens with zero attached hydrogens (tertiary/aromatic N) is 3. The van der Waals surface area contributed by atoms with Gasteiger partial charge in [0.25, 0.3) is 11.5 Å². The quantitative estimate of drug-likeness (QED) is 0.372. The number of carbonyl (C=O) groups is 1. The number of furan rings is 1. The summed E-state index contributed by atoms with van der Waals surface area (Å²) in [5.74, 6) is 0.481. The molecule has 0 aliphatic heterocycles. The molecule has 2 heterocycles. The van der Waals surface area contributed by atoms with Gasteiger partial charge in [-0.05, 0) is 54.1 Å². The molecule has 0 unspecified atom stereocenters. The van der Waals surface area contributed by atoms with Gasteiger partial charge in [0.2, 0.25) is 5.82 Å². The van der Waals surface area contributed by atoms with Crippen molar-refractivity contribution < 1.29 is 13.9 Å². The smallest absolute Gasteiger partial charge is 0.282 e. The van der Waals surface area contributed by atoms with Crippen LogP contribution in [0.4, 0.5) is 0 Å². The number of carbonyl (C=O) groups excluding carboxylic acids is 1. The summed E-state index contributed by atoms with van der Waals surface area (Å²) < 4.78 is 12.5. The summed E-state index contributed by atoms with van der Waals surface area (Å²) in [5, 5.41) is 6.17. The van der Waals surface area contributed by atoms with Crippen LogP contribution in [0.25, 0.3) is 33.5 Å². The third-order valence-electron chi connectivity index (χ3n) is 5.01. The number of amides is 1. The number of hydrogen-bond donors (Lipinski definition) is 1. The molecule has 0 saturated heterocycles. The Hall–Kier alpha value is -4.43. The van der Waals surface area contributed by atoms with Gasteiger partial charge in [-0.15, -0.1) is 0 Å². The topological polar surface area (TPSA) is 113 Å². The molecule has 0 fully saturated rings. The van der Waals surface area contributed by atoms with Crippen molar-refractivity contribution in [3.05, 3.63) is 93.7 Å². The van der Waals surface area contributed by atoms with Crippen molar-refractivity contribution in [2.24, 2.45) is 10.8 Å². The Morgan fingerprint density at radius 3 is 2.82 bits per heavy atom. The normalized spacial score (nSPS) is 11.4. The van der Waals surface area contributed by atoms with Gasteiger partial charge in [0, 0.05) is 10.4 Å². The Morgan fingerprint density at radius 1 is 1.12 bits per heavy atom. The van der Waals surface area contributed by atoms with E-state index in [4.69, 9.17) is 26.5 Å². The van der Waals surface area contributed by atoms with Crippen molar-refractivity contribution in [1.82, 2.24) is 9.66 Å². The molecule has 0 aliphatic carbocycles. The summed E-state index contributed by atoms with van der Waals surface area (Å²) in [4.78, 5) is 29.0. The molecule has 5 aromatic rings. The van der Waals surface area contributed by atoms with Gasteiger partial charge in [-0.2, -0.15) is 9.78 Å². The summed E-state index contributed by atoms with van der Waals surface area (Å²) in [5.41, 5.74) is 6.55. The van der Waals surface area contributed by atoms with Crippen molar-refractivity contribution >= 4 is 45.6 Å². The molecule has 3 aromatic carbocycles. The van der Waals surface area contributed by atoms with E-state index in [0.717, 1.165) is 5.39 Å². The Bertz CT molecular complexity index is 1640. The van der Waals surface area contributed by atoms with Crippen LogP contribution in [0.1, 0.15) is 5.56 Å². The van der Waals surface area contributed by atoms with E-state index < -0.39 is 5.91 Å². The standard InChI is InChI=1S/C25H17ClN4O4/c26-17-8-9-21-16(11-17)12-22(34-21)24-29-20-7-2-1-6-19(20)25(32)30(24)28-13-15-4-3-5-18(10-15)33-14-23(27)31/h1-13H,14H2,(H2,27,31). The number of primary amides is 1. The minimum Gasteiger partial charge on any atom is -0.484 e. The molecular weight excluding hydrogens is 456 g/mol. The first-order valence-corrected chi connectivity index (χ1v) is 10.6. The van der Waals surface area contributed by atoms with Crippen molar-refractivity contribution in [2.75, 3.05) is 6.61 Å². The summed E-state index contributed by atoms with van der Waals surface area (Å²) in [6.45, 7) is -0.241. The first-order valence-electron chi connectivity index (χ1n) is 10.2. The van der Waals surface area contributed by atoms with Gasteiger partial charge in [0.1, 0.15) is 11.3 Å². The number of benzene rings is 3. The average Bonchev–Trinajstić information content (AvgIpc) is 3.25. The lowest BCUT2D eigenvalue weighted by Gasteiger charge is -2.07. The second kappa shape index (κ2) is 8.84. The highest BCUT2D eigenvalue weighted by atomic mass is 35.5. The number of aromatic nitrogens is 2. The van der Waals surface area contributed by atoms with Crippen LogP contribution in [0, 0.1) is 0 Å². The highest BCUT2D eigenvalue weighted by molar-refractivity contribution is 6.31. The van der Waals surface area contributed by atoms with E-state index in [0.29, 0.717) is 38.6 Å². The lowest BCUT2D eigenvalue weighted by Crippen LogP contribution is -2.20. The Balaban J connectivity index is 1.62.